The standard InChI is InChI=1S/C23H27NO5/c1-5-15(2)21(17-9-7-6-8-10-17)23(27)29-14-20(25)24-19-13-18(22(26)28-4)12-11-16(19)3/h6-13,15,21H,5,14H2,1-4H3,(H,24,25)/t15-,21+/m1/s1. The lowest BCUT2D eigenvalue weighted by molar-refractivity contribution is -0.150. The van der Waals surface area contributed by atoms with Crippen molar-refractivity contribution in [2.45, 2.75) is 33.1 Å². The number of carbonyl (C=O) groups is 3. The first-order chi connectivity index (χ1) is 13.9. The van der Waals surface area contributed by atoms with Gasteiger partial charge in [-0.25, -0.2) is 4.79 Å². The van der Waals surface area contributed by atoms with Gasteiger partial charge in [0.1, 0.15) is 0 Å². The fourth-order valence-corrected chi connectivity index (χ4v) is 3.01. The Balaban J connectivity index is 2.04. The van der Waals surface area contributed by atoms with Gasteiger partial charge in [0.25, 0.3) is 5.91 Å². The molecular formula is C23H27NO5. The molecule has 0 unspecified atom stereocenters. The van der Waals surface area contributed by atoms with Crippen molar-refractivity contribution in [3.8, 4) is 0 Å². The lowest BCUT2D eigenvalue weighted by atomic mass is 9.86. The Morgan fingerprint density at radius 2 is 1.76 bits per heavy atom. The maximum absolute atomic E-state index is 12.7. The minimum Gasteiger partial charge on any atom is -0.465 e. The van der Waals surface area contributed by atoms with Gasteiger partial charge in [0.2, 0.25) is 0 Å². The van der Waals surface area contributed by atoms with Crippen molar-refractivity contribution >= 4 is 23.5 Å². The molecule has 0 radical (unpaired) electrons. The number of ether oxygens (including phenoxy) is 2. The van der Waals surface area contributed by atoms with E-state index in [-0.39, 0.29) is 5.92 Å². The van der Waals surface area contributed by atoms with Gasteiger partial charge < -0.3 is 14.8 Å². The Morgan fingerprint density at radius 3 is 2.38 bits per heavy atom. The summed E-state index contributed by atoms with van der Waals surface area (Å²) in [5.41, 5.74) is 2.44. The highest BCUT2D eigenvalue weighted by Gasteiger charge is 2.27. The molecule has 0 aromatic heterocycles. The molecule has 1 N–H and O–H groups in total. The summed E-state index contributed by atoms with van der Waals surface area (Å²) in [4.78, 5) is 36.7. The molecule has 0 aliphatic rings. The van der Waals surface area contributed by atoms with Crippen LogP contribution in [0.2, 0.25) is 0 Å². The first-order valence-electron chi connectivity index (χ1n) is 9.57. The molecule has 154 valence electrons. The molecule has 2 rings (SSSR count). The topological polar surface area (TPSA) is 81.7 Å². The number of benzene rings is 2. The molecule has 1 amide bonds. The lowest BCUT2D eigenvalue weighted by Gasteiger charge is -2.21. The summed E-state index contributed by atoms with van der Waals surface area (Å²) < 4.78 is 10.0. The van der Waals surface area contributed by atoms with Crippen molar-refractivity contribution < 1.29 is 23.9 Å². The zero-order valence-corrected chi connectivity index (χ0v) is 17.2. The number of nitrogens with one attached hydrogen (secondary N) is 1. The minimum absolute atomic E-state index is 0.0759. The number of amides is 1. The summed E-state index contributed by atoms with van der Waals surface area (Å²) >= 11 is 0. The van der Waals surface area contributed by atoms with Crippen LogP contribution in [0.5, 0.6) is 0 Å². The zero-order chi connectivity index (χ0) is 21.4. The summed E-state index contributed by atoms with van der Waals surface area (Å²) in [7, 11) is 1.29. The van der Waals surface area contributed by atoms with E-state index < -0.39 is 30.4 Å². The van der Waals surface area contributed by atoms with Gasteiger partial charge in [0, 0.05) is 5.69 Å². The van der Waals surface area contributed by atoms with Crippen LogP contribution >= 0.6 is 0 Å². The first kappa shape index (κ1) is 22.1. The van der Waals surface area contributed by atoms with Crippen molar-refractivity contribution in [1.29, 1.82) is 0 Å². The number of aryl methyl sites for hydroxylation is 1. The van der Waals surface area contributed by atoms with E-state index in [1.54, 1.807) is 19.1 Å². The van der Waals surface area contributed by atoms with E-state index in [1.807, 2.05) is 44.2 Å². The second-order valence-corrected chi connectivity index (χ2v) is 6.95. The summed E-state index contributed by atoms with van der Waals surface area (Å²) in [6.45, 7) is 5.40. The molecule has 0 aliphatic carbocycles. The van der Waals surface area contributed by atoms with E-state index in [0.717, 1.165) is 17.5 Å². The molecule has 0 fully saturated rings. The molecule has 0 bridgehead atoms. The van der Waals surface area contributed by atoms with Gasteiger partial charge in [-0.05, 0) is 36.1 Å². The second-order valence-electron chi connectivity index (χ2n) is 6.95. The monoisotopic (exact) mass is 397 g/mol. The number of hydrogen-bond donors (Lipinski definition) is 1. The van der Waals surface area contributed by atoms with E-state index in [0.29, 0.717) is 11.3 Å². The maximum Gasteiger partial charge on any atom is 0.337 e. The molecule has 6 nitrogen and oxygen atoms in total. The Morgan fingerprint density at radius 1 is 1.07 bits per heavy atom. The van der Waals surface area contributed by atoms with Gasteiger partial charge in [-0.15, -0.1) is 0 Å². The summed E-state index contributed by atoms with van der Waals surface area (Å²) in [6, 6.07) is 14.3. The highest BCUT2D eigenvalue weighted by Crippen LogP contribution is 2.28. The van der Waals surface area contributed by atoms with E-state index in [9.17, 15) is 14.4 Å². The fourth-order valence-electron chi connectivity index (χ4n) is 3.01. The Bertz CT molecular complexity index is 863. The number of hydrogen-bond acceptors (Lipinski definition) is 5. The van der Waals surface area contributed by atoms with Crippen molar-refractivity contribution in [2.75, 3.05) is 19.0 Å². The average molecular weight is 397 g/mol. The van der Waals surface area contributed by atoms with Crippen LogP contribution in [-0.4, -0.2) is 31.6 Å². The molecule has 29 heavy (non-hydrogen) atoms. The normalized spacial score (nSPS) is 12.6. The number of rotatable bonds is 8. The molecule has 2 aromatic carbocycles. The highest BCUT2D eigenvalue weighted by atomic mass is 16.5. The van der Waals surface area contributed by atoms with Crippen molar-refractivity contribution in [1.82, 2.24) is 0 Å². The highest BCUT2D eigenvalue weighted by molar-refractivity contribution is 5.96. The van der Waals surface area contributed by atoms with Crippen molar-refractivity contribution in [2.24, 2.45) is 5.92 Å². The predicted molar refractivity (Wildman–Crippen MR) is 111 cm³/mol. The van der Waals surface area contributed by atoms with Gasteiger partial charge in [0.15, 0.2) is 6.61 Å². The molecule has 0 saturated heterocycles. The second kappa shape index (κ2) is 10.4. The molecule has 2 atom stereocenters. The third-order valence-corrected chi connectivity index (χ3v) is 4.90. The summed E-state index contributed by atoms with van der Waals surface area (Å²) in [5, 5.41) is 2.68. The van der Waals surface area contributed by atoms with Gasteiger partial charge in [-0.1, -0.05) is 56.7 Å². The smallest absolute Gasteiger partial charge is 0.337 e. The van der Waals surface area contributed by atoms with Crippen LogP contribution in [0.15, 0.2) is 48.5 Å². The molecule has 0 saturated carbocycles. The Labute approximate surface area is 171 Å². The lowest BCUT2D eigenvalue weighted by Crippen LogP contribution is -2.27. The SMILES string of the molecule is CC[C@@H](C)[C@H](C(=O)OCC(=O)Nc1cc(C(=O)OC)ccc1C)c1ccccc1. The molecule has 0 aliphatic heterocycles. The van der Waals surface area contributed by atoms with Gasteiger partial charge >= 0.3 is 11.9 Å². The van der Waals surface area contributed by atoms with Gasteiger partial charge in [-0.3, -0.25) is 9.59 Å². The third kappa shape index (κ3) is 5.91. The number of esters is 2. The van der Waals surface area contributed by atoms with Gasteiger partial charge in [0.05, 0.1) is 18.6 Å². The van der Waals surface area contributed by atoms with Gasteiger partial charge in [-0.2, -0.15) is 0 Å². The quantitative estimate of drug-likeness (QED) is 0.679. The molecule has 2 aromatic rings. The van der Waals surface area contributed by atoms with Crippen LogP contribution in [0.25, 0.3) is 0 Å². The van der Waals surface area contributed by atoms with E-state index in [2.05, 4.69) is 5.32 Å². The van der Waals surface area contributed by atoms with E-state index in [1.165, 1.54) is 13.2 Å². The summed E-state index contributed by atoms with van der Waals surface area (Å²) in [5.74, 6) is -1.75. The van der Waals surface area contributed by atoms with Crippen LogP contribution in [0.1, 0.15) is 47.7 Å². The van der Waals surface area contributed by atoms with Crippen molar-refractivity contribution in [3.63, 3.8) is 0 Å². The number of methoxy groups -OCH3 is 1. The van der Waals surface area contributed by atoms with Crippen LogP contribution < -0.4 is 5.32 Å². The third-order valence-electron chi connectivity index (χ3n) is 4.90. The minimum atomic E-state index is -0.494. The average Bonchev–Trinajstić information content (AvgIpc) is 2.74. The molecule has 6 heteroatoms. The van der Waals surface area contributed by atoms with E-state index in [4.69, 9.17) is 9.47 Å². The van der Waals surface area contributed by atoms with Crippen molar-refractivity contribution in [3.05, 3.63) is 65.2 Å². The Kier molecular flexibility index (Phi) is 7.95. The fraction of sp³-hybridized carbons (Fsp3) is 0.348. The van der Waals surface area contributed by atoms with Crippen LogP contribution in [-0.2, 0) is 19.1 Å². The zero-order valence-electron chi connectivity index (χ0n) is 17.2. The van der Waals surface area contributed by atoms with E-state index >= 15 is 0 Å². The summed E-state index contributed by atoms with van der Waals surface area (Å²) in [6.07, 6.45) is 0.806. The van der Waals surface area contributed by atoms with Crippen LogP contribution in [0, 0.1) is 12.8 Å². The Hall–Kier alpha value is -3.15. The van der Waals surface area contributed by atoms with Crippen LogP contribution in [0.4, 0.5) is 5.69 Å². The maximum atomic E-state index is 12.7. The largest absolute Gasteiger partial charge is 0.465 e. The molecule has 0 heterocycles. The molecular weight excluding hydrogens is 370 g/mol. The number of anilines is 1. The molecule has 0 spiro atoms. The van der Waals surface area contributed by atoms with Crippen LogP contribution in [0.3, 0.4) is 0 Å². The first-order valence-corrected chi connectivity index (χ1v) is 9.57. The predicted octanol–water partition coefficient (Wildman–Crippen LogP) is 4.09. The number of carbonyl (C=O) groups excluding carboxylic acids is 3.